The maximum absolute atomic E-state index is 11.8. The summed E-state index contributed by atoms with van der Waals surface area (Å²) in [4.78, 5) is 11.8. The second kappa shape index (κ2) is 7.88. The SMILES string of the molecule is CC(C)CCCCNC(=O)[C@@H](N)c1ccccc1. The van der Waals surface area contributed by atoms with Crippen molar-refractivity contribution in [2.24, 2.45) is 11.7 Å². The molecule has 1 aromatic rings. The summed E-state index contributed by atoms with van der Waals surface area (Å²) in [7, 11) is 0. The van der Waals surface area contributed by atoms with Crippen molar-refractivity contribution in [3.63, 3.8) is 0 Å². The van der Waals surface area contributed by atoms with Crippen molar-refractivity contribution in [3.8, 4) is 0 Å². The van der Waals surface area contributed by atoms with Gasteiger partial charge in [0.1, 0.15) is 6.04 Å². The van der Waals surface area contributed by atoms with Crippen LogP contribution in [-0.2, 0) is 4.79 Å². The summed E-state index contributed by atoms with van der Waals surface area (Å²) in [5.74, 6) is 0.637. The zero-order valence-corrected chi connectivity index (χ0v) is 11.4. The predicted octanol–water partition coefficient (Wildman–Crippen LogP) is 2.63. The Balaban J connectivity index is 2.25. The van der Waals surface area contributed by atoms with Gasteiger partial charge in [-0.1, -0.05) is 57.0 Å². The highest BCUT2D eigenvalue weighted by molar-refractivity contribution is 5.82. The quantitative estimate of drug-likeness (QED) is 0.729. The van der Waals surface area contributed by atoms with Crippen molar-refractivity contribution in [1.82, 2.24) is 5.32 Å². The van der Waals surface area contributed by atoms with Crippen LogP contribution in [0.1, 0.15) is 44.7 Å². The van der Waals surface area contributed by atoms with Gasteiger partial charge in [0.15, 0.2) is 0 Å². The highest BCUT2D eigenvalue weighted by atomic mass is 16.2. The minimum atomic E-state index is -0.559. The number of unbranched alkanes of at least 4 members (excludes halogenated alkanes) is 1. The second-order valence-electron chi connectivity index (χ2n) is 5.07. The molecule has 0 unspecified atom stereocenters. The van der Waals surface area contributed by atoms with Gasteiger partial charge < -0.3 is 11.1 Å². The smallest absolute Gasteiger partial charge is 0.241 e. The molecule has 3 N–H and O–H groups in total. The van der Waals surface area contributed by atoms with Crippen LogP contribution in [0.15, 0.2) is 30.3 Å². The number of benzene rings is 1. The zero-order valence-electron chi connectivity index (χ0n) is 11.4. The molecule has 1 atom stereocenters. The van der Waals surface area contributed by atoms with Crippen molar-refractivity contribution in [2.75, 3.05) is 6.54 Å². The molecule has 0 aromatic heterocycles. The number of hydrogen-bond donors (Lipinski definition) is 2. The molecule has 0 aliphatic rings. The molecule has 0 saturated heterocycles. The first-order chi connectivity index (χ1) is 8.61. The van der Waals surface area contributed by atoms with E-state index in [4.69, 9.17) is 5.73 Å². The lowest BCUT2D eigenvalue weighted by Gasteiger charge is -2.12. The summed E-state index contributed by atoms with van der Waals surface area (Å²) >= 11 is 0. The third-order valence-electron chi connectivity index (χ3n) is 2.95. The molecular formula is C15H24N2O. The number of nitrogens with two attached hydrogens (primary N) is 1. The van der Waals surface area contributed by atoms with Crippen LogP contribution in [0.3, 0.4) is 0 Å². The Bertz CT molecular complexity index is 349. The number of rotatable bonds is 7. The van der Waals surface area contributed by atoms with Crippen LogP contribution in [0.2, 0.25) is 0 Å². The van der Waals surface area contributed by atoms with E-state index in [1.807, 2.05) is 30.3 Å². The molecule has 1 rings (SSSR count). The Morgan fingerprint density at radius 1 is 1.22 bits per heavy atom. The summed E-state index contributed by atoms with van der Waals surface area (Å²) in [5, 5.41) is 2.89. The van der Waals surface area contributed by atoms with Gasteiger partial charge >= 0.3 is 0 Å². The van der Waals surface area contributed by atoms with Gasteiger partial charge in [-0.25, -0.2) is 0 Å². The van der Waals surface area contributed by atoms with Gasteiger partial charge in [0.05, 0.1) is 0 Å². The molecule has 1 amide bonds. The molecule has 0 radical (unpaired) electrons. The van der Waals surface area contributed by atoms with E-state index in [-0.39, 0.29) is 5.91 Å². The number of carbonyl (C=O) groups excluding carboxylic acids is 1. The zero-order chi connectivity index (χ0) is 13.4. The fourth-order valence-corrected chi connectivity index (χ4v) is 1.81. The summed E-state index contributed by atoms with van der Waals surface area (Å²) in [6.45, 7) is 5.14. The monoisotopic (exact) mass is 248 g/mol. The maximum Gasteiger partial charge on any atom is 0.241 e. The maximum atomic E-state index is 11.8. The van der Waals surface area contributed by atoms with E-state index in [1.54, 1.807) is 0 Å². The van der Waals surface area contributed by atoms with E-state index >= 15 is 0 Å². The van der Waals surface area contributed by atoms with Crippen molar-refractivity contribution in [1.29, 1.82) is 0 Å². The molecule has 0 aliphatic carbocycles. The van der Waals surface area contributed by atoms with Crippen LogP contribution in [-0.4, -0.2) is 12.5 Å². The molecule has 0 spiro atoms. The van der Waals surface area contributed by atoms with Crippen LogP contribution < -0.4 is 11.1 Å². The first-order valence-corrected chi connectivity index (χ1v) is 6.69. The number of carbonyl (C=O) groups is 1. The normalized spacial score (nSPS) is 12.4. The second-order valence-corrected chi connectivity index (χ2v) is 5.07. The van der Waals surface area contributed by atoms with Crippen molar-refractivity contribution < 1.29 is 4.79 Å². The summed E-state index contributed by atoms with van der Waals surface area (Å²) in [6, 6.07) is 8.90. The van der Waals surface area contributed by atoms with Gasteiger partial charge in [-0.15, -0.1) is 0 Å². The van der Waals surface area contributed by atoms with Crippen molar-refractivity contribution in [3.05, 3.63) is 35.9 Å². The van der Waals surface area contributed by atoms with E-state index in [0.717, 1.165) is 24.3 Å². The topological polar surface area (TPSA) is 55.1 Å². The molecule has 3 heteroatoms. The lowest BCUT2D eigenvalue weighted by Crippen LogP contribution is -2.34. The lowest BCUT2D eigenvalue weighted by molar-refractivity contribution is -0.122. The summed E-state index contributed by atoms with van der Waals surface area (Å²) in [5.41, 5.74) is 6.75. The van der Waals surface area contributed by atoms with Gasteiger partial charge in [0, 0.05) is 6.54 Å². The molecule has 0 fully saturated rings. The number of amides is 1. The lowest BCUT2D eigenvalue weighted by atomic mass is 10.1. The number of nitrogens with one attached hydrogen (secondary N) is 1. The van der Waals surface area contributed by atoms with Crippen LogP contribution in [0, 0.1) is 5.92 Å². The fraction of sp³-hybridized carbons (Fsp3) is 0.533. The molecule has 0 bridgehead atoms. The Morgan fingerprint density at radius 3 is 2.50 bits per heavy atom. The Morgan fingerprint density at radius 2 is 1.89 bits per heavy atom. The van der Waals surface area contributed by atoms with Gasteiger partial charge in [-0.05, 0) is 17.9 Å². The molecular weight excluding hydrogens is 224 g/mol. The third-order valence-corrected chi connectivity index (χ3v) is 2.95. The van der Waals surface area contributed by atoms with Gasteiger partial charge in [-0.3, -0.25) is 4.79 Å². The van der Waals surface area contributed by atoms with Crippen LogP contribution >= 0.6 is 0 Å². The molecule has 0 saturated carbocycles. The van der Waals surface area contributed by atoms with E-state index in [0.29, 0.717) is 6.54 Å². The Kier molecular flexibility index (Phi) is 6.44. The van der Waals surface area contributed by atoms with Crippen molar-refractivity contribution >= 4 is 5.91 Å². The van der Waals surface area contributed by atoms with E-state index in [1.165, 1.54) is 6.42 Å². The summed E-state index contributed by atoms with van der Waals surface area (Å²) in [6.07, 6.45) is 3.38. The molecule has 1 aromatic carbocycles. The molecule has 3 nitrogen and oxygen atoms in total. The fourth-order valence-electron chi connectivity index (χ4n) is 1.81. The standard InChI is InChI=1S/C15H24N2O/c1-12(2)8-6-7-11-17-15(18)14(16)13-9-4-3-5-10-13/h3-5,9-10,12,14H,6-8,11,16H2,1-2H3,(H,17,18)/t14-/m0/s1. The van der Waals surface area contributed by atoms with Crippen LogP contribution in [0.4, 0.5) is 0 Å². The summed E-state index contributed by atoms with van der Waals surface area (Å²) < 4.78 is 0. The van der Waals surface area contributed by atoms with E-state index in [2.05, 4.69) is 19.2 Å². The predicted molar refractivity (Wildman–Crippen MR) is 75.1 cm³/mol. The minimum absolute atomic E-state index is 0.0919. The van der Waals surface area contributed by atoms with Gasteiger partial charge in [0.2, 0.25) is 5.91 Å². The molecule has 0 heterocycles. The Hall–Kier alpha value is -1.35. The first kappa shape index (κ1) is 14.7. The minimum Gasteiger partial charge on any atom is -0.354 e. The first-order valence-electron chi connectivity index (χ1n) is 6.69. The van der Waals surface area contributed by atoms with Gasteiger partial charge in [-0.2, -0.15) is 0 Å². The number of hydrogen-bond acceptors (Lipinski definition) is 2. The molecule has 0 aliphatic heterocycles. The molecule has 100 valence electrons. The molecule has 18 heavy (non-hydrogen) atoms. The Labute approximate surface area is 110 Å². The van der Waals surface area contributed by atoms with Crippen LogP contribution in [0.5, 0.6) is 0 Å². The highest BCUT2D eigenvalue weighted by Crippen LogP contribution is 2.09. The average molecular weight is 248 g/mol. The van der Waals surface area contributed by atoms with Crippen molar-refractivity contribution in [2.45, 2.75) is 39.2 Å². The largest absolute Gasteiger partial charge is 0.354 e. The average Bonchev–Trinajstić information content (AvgIpc) is 2.38. The van der Waals surface area contributed by atoms with Crippen LogP contribution in [0.25, 0.3) is 0 Å². The van der Waals surface area contributed by atoms with E-state index in [9.17, 15) is 4.79 Å². The van der Waals surface area contributed by atoms with E-state index < -0.39 is 6.04 Å². The highest BCUT2D eigenvalue weighted by Gasteiger charge is 2.14. The van der Waals surface area contributed by atoms with Gasteiger partial charge in [0.25, 0.3) is 0 Å². The third kappa shape index (κ3) is 5.32.